The second-order valence-corrected chi connectivity index (χ2v) is 4.94. The fourth-order valence-electron chi connectivity index (χ4n) is 2.49. The Morgan fingerprint density at radius 2 is 2.00 bits per heavy atom. The van der Waals surface area contributed by atoms with Crippen LogP contribution in [0.5, 0.6) is 0 Å². The van der Waals surface area contributed by atoms with Gasteiger partial charge in [-0.1, -0.05) is 18.2 Å². The normalized spacial score (nSPS) is 25.5. The minimum Gasteiger partial charge on any atom is -0.377 e. The highest BCUT2D eigenvalue weighted by Crippen LogP contribution is 2.34. The monoisotopic (exact) mass is 273 g/mol. The molecule has 1 aromatic rings. The highest BCUT2D eigenvalue weighted by atomic mass is 19.4. The van der Waals surface area contributed by atoms with Crippen molar-refractivity contribution in [3.05, 3.63) is 35.4 Å². The average molecular weight is 273 g/mol. The molecule has 3 atom stereocenters. The van der Waals surface area contributed by atoms with Gasteiger partial charge in [0.25, 0.3) is 0 Å². The van der Waals surface area contributed by atoms with E-state index in [4.69, 9.17) is 4.74 Å². The molecular formula is C14H18F3NO. The summed E-state index contributed by atoms with van der Waals surface area (Å²) in [6.07, 6.45) is -3.44. The first-order chi connectivity index (χ1) is 8.89. The summed E-state index contributed by atoms with van der Waals surface area (Å²) < 4.78 is 44.3. The number of hydrogen-bond acceptors (Lipinski definition) is 2. The topological polar surface area (TPSA) is 21.3 Å². The zero-order valence-corrected chi connectivity index (χ0v) is 11.0. The molecule has 2 nitrogen and oxygen atoms in total. The summed E-state index contributed by atoms with van der Waals surface area (Å²) in [6.45, 7) is 4.36. The van der Waals surface area contributed by atoms with Gasteiger partial charge in [0.1, 0.15) is 0 Å². The molecule has 1 N–H and O–H groups in total. The average Bonchev–Trinajstić information content (AvgIpc) is 2.74. The van der Waals surface area contributed by atoms with Gasteiger partial charge in [0.05, 0.1) is 11.7 Å². The number of alkyl halides is 3. The highest BCUT2D eigenvalue weighted by molar-refractivity contribution is 5.32. The first-order valence-corrected chi connectivity index (χ1v) is 6.43. The predicted octanol–water partition coefficient (Wildman–Crippen LogP) is 3.53. The van der Waals surface area contributed by atoms with Crippen molar-refractivity contribution >= 4 is 0 Å². The molecule has 19 heavy (non-hydrogen) atoms. The summed E-state index contributed by atoms with van der Waals surface area (Å²) in [6, 6.07) is 5.46. The van der Waals surface area contributed by atoms with E-state index in [1.165, 1.54) is 12.1 Å². The van der Waals surface area contributed by atoms with Crippen molar-refractivity contribution < 1.29 is 17.9 Å². The van der Waals surface area contributed by atoms with E-state index in [1.807, 2.05) is 6.92 Å². The lowest BCUT2D eigenvalue weighted by Crippen LogP contribution is -2.37. The zero-order valence-electron chi connectivity index (χ0n) is 11.0. The van der Waals surface area contributed by atoms with E-state index in [0.717, 1.165) is 12.5 Å². The Bertz CT molecular complexity index is 433. The molecule has 106 valence electrons. The number of halogens is 3. The Kier molecular flexibility index (Phi) is 4.16. The van der Waals surface area contributed by atoms with Crippen molar-refractivity contribution in [2.75, 3.05) is 6.61 Å². The molecule has 2 rings (SSSR count). The molecule has 1 aromatic carbocycles. The van der Waals surface area contributed by atoms with E-state index in [-0.39, 0.29) is 23.8 Å². The van der Waals surface area contributed by atoms with Crippen molar-refractivity contribution in [3.8, 4) is 0 Å². The van der Waals surface area contributed by atoms with Gasteiger partial charge in [-0.05, 0) is 31.9 Å². The van der Waals surface area contributed by atoms with Crippen LogP contribution in [0.15, 0.2) is 24.3 Å². The number of rotatable bonds is 3. The number of ether oxygens (including phenoxy) is 1. The summed E-state index contributed by atoms with van der Waals surface area (Å²) in [5, 5.41) is 3.23. The summed E-state index contributed by atoms with van der Waals surface area (Å²) in [7, 11) is 0. The Morgan fingerprint density at radius 1 is 1.32 bits per heavy atom. The molecule has 0 saturated carbocycles. The lowest BCUT2D eigenvalue weighted by atomic mass is 9.99. The summed E-state index contributed by atoms with van der Waals surface area (Å²) in [4.78, 5) is 0. The van der Waals surface area contributed by atoms with Crippen molar-refractivity contribution in [1.82, 2.24) is 5.32 Å². The fourth-order valence-corrected chi connectivity index (χ4v) is 2.49. The maximum Gasteiger partial charge on any atom is 0.416 e. The maximum atomic E-state index is 12.9. The summed E-state index contributed by atoms with van der Waals surface area (Å²) >= 11 is 0. The molecule has 1 fully saturated rings. The molecule has 0 amide bonds. The SMILES string of the molecule is CC(NC1CCOC1C)c1ccccc1C(F)(F)F. The van der Waals surface area contributed by atoms with Crippen LogP contribution >= 0.6 is 0 Å². The van der Waals surface area contributed by atoms with Crippen molar-refractivity contribution in [2.24, 2.45) is 0 Å². The molecular weight excluding hydrogens is 255 g/mol. The van der Waals surface area contributed by atoms with Crippen LogP contribution in [0.2, 0.25) is 0 Å². The number of nitrogens with one attached hydrogen (secondary N) is 1. The van der Waals surface area contributed by atoms with Crippen LogP contribution in [0.4, 0.5) is 13.2 Å². The van der Waals surface area contributed by atoms with Gasteiger partial charge in [0.2, 0.25) is 0 Å². The molecule has 0 spiro atoms. The largest absolute Gasteiger partial charge is 0.416 e. The lowest BCUT2D eigenvalue weighted by molar-refractivity contribution is -0.138. The van der Waals surface area contributed by atoms with Crippen molar-refractivity contribution in [3.63, 3.8) is 0 Å². The van der Waals surface area contributed by atoms with Crippen LogP contribution in [0.25, 0.3) is 0 Å². The zero-order chi connectivity index (χ0) is 14.0. The number of hydrogen-bond donors (Lipinski definition) is 1. The maximum absolute atomic E-state index is 12.9. The molecule has 5 heteroatoms. The van der Waals surface area contributed by atoms with Gasteiger partial charge in [-0.25, -0.2) is 0 Å². The smallest absolute Gasteiger partial charge is 0.377 e. The standard InChI is InChI=1S/C14H18F3NO/c1-9(18-13-7-8-19-10(13)2)11-5-3-4-6-12(11)14(15,16)17/h3-6,9-10,13,18H,7-8H2,1-2H3. The minimum atomic E-state index is -4.32. The third-order valence-electron chi connectivity index (χ3n) is 3.57. The predicted molar refractivity (Wildman–Crippen MR) is 66.8 cm³/mol. The van der Waals surface area contributed by atoms with Crippen LogP contribution in [0, 0.1) is 0 Å². The fraction of sp³-hybridized carbons (Fsp3) is 0.571. The molecule has 0 radical (unpaired) electrons. The molecule has 1 aliphatic rings. The van der Waals surface area contributed by atoms with Gasteiger partial charge in [-0.2, -0.15) is 13.2 Å². The van der Waals surface area contributed by atoms with Crippen LogP contribution < -0.4 is 5.32 Å². The van der Waals surface area contributed by atoms with Gasteiger partial charge < -0.3 is 10.1 Å². The van der Waals surface area contributed by atoms with Crippen molar-refractivity contribution in [2.45, 2.75) is 44.6 Å². The molecule has 3 unspecified atom stereocenters. The Morgan fingerprint density at radius 3 is 2.58 bits per heavy atom. The molecule has 1 heterocycles. The third kappa shape index (κ3) is 3.28. The van der Waals surface area contributed by atoms with E-state index in [1.54, 1.807) is 13.0 Å². The van der Waals surface area contributed by atoms with Crippen LogP contribution in [-0.2, 0) is 10.9 Å². The molecule has 0 bridgehead atoms. The first-order valence-electron chi connectivity index (χ1n) is 6.43. The van der Waals surface area contributed by atoms with E-state index < -0.39 is 11.7 Å². The lowest BCUT2D eigenvalue weighted by Gasteiger charge is -2.24. The molecule has 1 aliphatic heterocycles. The minimum absolute atomic E-state index is 0.0421. The summed E-state index contributed by atoms with van der Waals surface area (Å²) in [5.41, 5.74) is -0.282. The third-order valence-corrected chi connectivity index (χ3v) is 3.57. The second-order valence-electron chi connectivity index (χ2n) is 4.94. The van der Waals surface area contributed by atoms with Crippen LogP contribution in [0.1, 0.15) is 37.4 Å². The number of benzene rings is 1. The van der Waals surface area contributed by atoms with Gasteiger partial charge in [0.15, 0.2) is 0 Å². The molecule has 1 saturated heterocycles. The van der Waals surface area contributed by atoms with Crippen LogP contribution in [-0.4, -0.2) is 18.8 Å². The Balaban J connectivity index is 2.17. The molecule has 0 aliphatic carbocycles. The quantitative estimate of drug-likeness (QED) is 0.909. The second kappa shape index (κ2) is 5.51. The summed E-state index contributed by atoms with van der Waals surface area (Å²) in [5.74, 6) is 0. The van der Waals surface area contributed by atoms with E-state index >= 15 is 0 Å². The van der Waals surface area contributed by atoms with Gasteiger partial charge in [-0.3, -0.25) is 0 Å². The first kappa shape index (κ1) is 14.3. The molecule has 0 aromatic heterocycles. The van der Waals surface area contributed by atoms with Gasteiger partial charge in [0, 0.05) is 18.7 Å². The van der Waals surface area contributed by atoms with Crippen LogP contribution in [0.3, 0.4) is 0 Å². The van der Waals surface area contributed by atoms with E-state index in [2.05, 4.69) is 5.32 Å². The van der Waals surface area contributed by atoms with Gasteiger partial charge in [-0.15, -0.1) is 0 Å². The van der Waals surface area contributed by atoms with E-state index in [0.29, 0.717) is 6.61 Å². The highest BCUT2D eigenvalue weighted by Gasteiger charge is 2.35. The Labute approximate surface area is 111 Å². The van der Waals surface area contributed by atoms with Crippen molar-refractivity contribution in [1.29, 1.82) is 0 Å². The van der Waals surface area contributed by atoms with E-state index in [9.17, 15) is 13.2 Å². The van der Waals surface area contributed by atoms with Gasteiger partial charge >= 0.3 is 6.18 Å². The Hall–Kier alpha value is -1.07.